The molecule has 0 bridgehead atoms. The number of thiazole rings is 1. The zero-order valence-electron chi connectivity index (χ0n) is 14.4. The number of hydrogen-bond donors (Lipinski definition) is 1. The average Bonchev–Trinajstić information content (AvgIpc) is 3.12. The van der Waals surface area contributed by atoms with Crippen LogP contribution in [0.5, 0.6) is 5.75 Å². The number of aliphatic carboxylic acids is 1. The van der Waals surface area contributed by atoms with Crippen molar-refractivity contribution in [1.82, 2.24) is 9.88 Å². The molecule has 0 aliphatic carbocycles. The second-order valence-electron chi connectivity index (χ2n) is 5.82. The molecule has 1 unspecified atom stereocenters. The van der Waals surface area contributed by atoms with Crippen LogP contribution >= 0.6 is 23.1 Å². The summed E-state index contributed by atoms with van der Waals surface area (Å²) in [5.41, 5.74) is 1.30. The quantitative estimate of drug-likeness (QED) is 0.813. The van der Waals surface area contributed by atoms with Crippen molar-refractivity contribution in [3.05, 3.63) is 35.3 Å². The van der Waals surface area contributed by atoms with Gasteiger partial charge < -0.3 is 14.7 Å². The average molecular weight is 393 g/mol. The first-order valence-corrected chi connectivity index (χ1v) is 10.4. The largest absolute Gasteiger partial charge is 0.494 e. The minimum Gasteiger partial charge on any atom is -0.494 e. The SMILES string of the molecule is CCOc1ccc(-c2nc(C(=O)N3CCSCC3CC(=O)O)cs2)cc1. The van der Waals surface area contributed by atoms with Gasteiger partial charge in [0.15, 0.2) is 0 Å². The van der Waals surface area contributed by atoms with Crippen LogP contribution in [0.15, 0.2) is 29.6 Å². The van der Waals surface area contributed by atoms with Gasteiger partial charge in [-0.25, -0.2) is 4.98 Å². The smallest absolute Gasteiger partial charge is 0.305 e. The number of carboxylic acids is 1. The predicted molar refractivity (Wildman–Crippen MR) is 103 cm³/mol. The Bertz CT molecular complexity index is 776. The Balaban J connectivity index is 1.75. The molecule has 2 aromatic rings. The monoisotopic (exact) mass is 392 g/mol. The molecule has 8 heteroatoms. The van der Waals surface area contributed by atoms with Crippen molar-refractivity contribution in [3.63, 3.8) is 0 Å². The number of aromatic nitrogens is 1. The van der Waals surface area contributed by atoms with Gasteiger partial charge in [-0.05, 0) is 31.2 Å². The Morgan fingerprint density at radius 2 is 2.12 bits per heavy atom. The molecule has 1 aromatic heterocycles. The van der Waals surface area contributed by atoms with Crippen LogP contribution in [0.4, 0.5) is 0 Å². The molecule has 1 aromatic carbocycles. The summed E-state index contributed by atoms with van der Waals surface area (Å²) in [4.78, 5) is 30.0. The molecule has 0 spiro atoms. The Hall–Kier alpha value is -2.06. The van der Waals surface area contributed by atoms with Gasteiger partial charge in [0.1, 0.15) is 16.5 Å². The fraction of sp³-hybridized carbons (Fsp3) is 0.389. The Kier molecular flexibility index (Phi) is 6.16. The molecule has 1 fully saturated rings. The molecule has 6 nitrogen and oxygen atoms in total. The van der Waals surface area contributed by atoms with Gasteiger partial charge in [-0.15, -0.1) is 11.3 Å². The lowest BCUT2D eigenvalue weighted by Crippen LogP contribution is -2.47. The van der Waals surface area contributed by atoms with Gasteiger partial charge in [-0.3, -0.25) is 9.59 Å². The van der Waals surface area contributed by atoms with Gasteiger partial charge >= 0.3 is 5.97 Å². The molecule has 3 rings (SSSR count). The molecule has 1 N–H and O–H groups in total. The summed E-state index contributed by atoms with van der Waals surface area (Å²) in [6, 6.07) is 7.32. The lowest BCUT2D eigenvalue weighted by molar-refractivity contribution is -0.138. The molecule has 0 radical (unpaired) electrons. The number of thioether (sulfide) groups is 1. The lowest BCUT2D eigenvalue weighted by atomic mass is 10.2. The van der Waals surface area contributed by atoms with Gasteiger partial charge in [-0.1, -0.05) is 0 Å². The third-order valence-electron chi connectivity index (χ3n) is 4.03. The van der Waals surface area contributed by atoms with Crippen LogP contribution < -0.4 is 4.74 Å². The van der Waals surface area contributed by atoms with E-state index in [1.807, 2.05) is 31.2 Å². The number of rotatable bonds is 6. The first-order chi connectivity index (χ1) is 12.6. The van der Waals surface area contributed by atoms with E-state index in [0.717, 1.165) is 22.1 Å². The van der Waals surface area contributed by atoms with Crippen LogP contribution in [-0.2, 0) is 4.79 Å². The number of carboxylic acid groups (broad SMARTS) is 1. The van der Waals surface area contributed by atoms with Gasteiger partial charge in [-0.2, -0.15) is 11.8 Å². The van der Waals surface area contributed by atoms with E-state index in [2.05, 4.69) is 4.98 Å². The summed E-state index contributed by atoms with van der Waals surface area (Å²) in [6.07, 6.45) is -0.0331. The summed E-state index contributed by atoms with van der Waals surface area (Å²) in [6.45, 7) is 3.10. The van der Waals surface area contributed by atoms with Crippen molar-refractivity contribution >= 4 is 35.0 Å². The van der Waals surface area contributed by atoms with Crippen molar-refractivity contribution in [3.8, 4) is 16.3 Å². The van der Waals surface area contributed by atoms with Crippen LogP contribution in [0.1, 0.15) is 23.8 Å². The van der Waals surface area contributed by atoms with Crippen molar-refractivity contribution in [2.45, 2.75) is 19.4 Å². The molecular weight excluding hydrogens is 372 g/mol. The highest BCUT2D eigenvalue weighted by molar-refractivity contribution is 7.99. The third kappa shape index (κ3) is 4.37. The van der Waals surface area contributed by atoms with Crippen molar-refractivity contribution in [2.24, 2.45) is 0 Å². The zero-order valence-corrected chi connectivity index (χ0v) is 16.0. The standard InChI is InChI=1S/C18H20N2O4S2/c1-2-24-14-5-3-12(4-6-14)17-19-15(11-26-17)18(23)20-7-8-25-10-13(20)9-16(21)22/h3-6,11,13H,2,7-10H2,1H3,(H,21,22). The number of carbonyl (C=O) groups is 2. The molecule has 1 amide bonds. The number of hydrogen-bond acceptors (Lipinski definition) is 6. The zero-order chi connectivity index (χ0) is 18.5. The highest BCUT2D eigenvalue weighted by Gasteiger charge is 2.30. The maximum Gasteiger partial charge on any atom is 0.305 e. The molecule has 1 atom stereocenters. The summed E-state index contributed by atoms with van der Waals surface area (Å²) in [7, 11) is 0. The number of carbonyl (C=O) groups excluding carboxylic acids is 1. The summed E-state index contributed by atoms with van der Waals surface area (Å²) in [5, 5.41) is 11.6. The Labute approximate surface area is 160 Å². The lowest BCUT2D eigenvalue weighted by Gasteiger charge is -2.34. The van der Waals surface area contributed by atoms with Crippen LogP contribution in [-0.4, -0.2) is 57.6 Å². The third-order valence-corrected chi connectivity index (χ3v) is 6.02. The van der Waals surface area contributed by atoms with E-state index in [9.17, 15) is 9.59 Å². The molecule has 1 aliphatic rings. The second-order valence-corrected chi connectivity index (χ2v) is 7.83. The summed E-state index contributed by atoms with van der Waals surface area (Å²) in [5.74, 6) is 1.19. The van der Waals surface area contributed by atoms with Crippen LogP contribution in [0.25, 0.3) is 10.6 Å². The Morgan fingerprint density at radius 1 is 1.35 bits per heavy atom. The predicted octanol–water partition coefficient (Wildman–Crippen LogP) is 3.24. The van der Waals surface area contributed by atoms with E-state index >= 15 is 0 Å². The molecule has 2 heterocycles. The first-order valence-electron chi connectivity index (χ1n) is 8.37. The number of ether oxygens (including phenoxy) is 1. The second kappa shape index (κ2) is 8.55. The van der Waals surface area contributed by atoms with Crippen LogP contribution in [0, 0.1) is 0 Å². The highest BCUT2D eigenvalue weighted by atomic mass is 32.2. The van der Waals surface area contributed by atoms with E-state index in [1.54, 1.807) is 22.0 Å². The molecule has 138 valence electrons. The maximum atomic E-state index is 12.8. The van der Waals surface area contributed by atoms with E-state index in [4.69, 9.17) is 9.84 Å². The molecule has 1 aliphatic heterocycles. The molecule has 26 heavy (non-hydrogen) atoms. The fourth-order valence-electron chi connectivity index (χ4n) is 2.80. The summed E-state index contributed by atoms with van der Waals surface area (Å²) >= 11 is 3.09. The Morgan fingerprint density at radius 3 is 2.81 bits per heavy atom. The molecule has 1 saturated heterocycles. The van der Waals surface area contributed by atoms with Crippen molar-refractivity contribution < 1.29 is 19.4 Å². The van der Waals surface area contributed by atoms with Crippen LogP contribution in [0.2, 0.25) is 0 Å². The molecular formula is C18H20N2O4S2. The van der Waals surface area contributed by atoms with Crippen molar-refractivity contribution in [2.75, 3.05) is 24.7 Å². The highest BCUT2D eigenvalue weighted by Crippen LogP contribution is 2.27. The fourth-order valence-corrected chi connectivity index (χ4v) is 4.67. The van der Waals surface area contributed by atoms with E-state index < -0.39 is 5.97 Å². The number of amides is 1. The summed E-state index contributed by atoms with van der Waals surface area (Å²) < 4.78 is 5.44. The van der Waals surface area contributed by atoms with Gasteiger partial charge in [0, 0.05) is 29.0 Å². The van der Waals surface area contributed by atoms with E-state index in [1.165, 1.54) is 11.3 Å². The number of benzene rings is 1. The minimum absolute atomic E-state index is 0.0331. The van der Waals surface area contributed by atoms with E-state index in [-0.39, 0.29) is 18.4 Å². The topological polar surface area (TPSA) is 79.7 Å². The van der Waals surface area contributed by atoms with Crippen molar-refractivity contribution in [1.29, 1.82) is 0 Å². The van der Waals surface area contributed by atoms with Gasteiger partial charge in [0.25, 0.3) is 5.91 Å². The van der Waals surface area contributed by atoms with Gasteiger partial charge in [0.05, 0.1) is 19.1 Å². The van der Waals surface area contributed by atoms with Crippen LogP contribution in [0.3, 0.4) is 0 Å². The maximum absolute atomic E-state index is 12.8. The van der Waals surface area contributed by atoms with E-state index in [0.29, 0.717) is 24.6 Å². The normalized spacial score (nSPS) is 17.1. The molecule has 0 saturated carbocycles. The van der Waals surface area contributed by atoms with Gasteiger partial charge in [0.2, 0.25) is 0 Å². The minimum atomic E-state index is -0.886. The first kappa shape index (κ1) is 18.7. The number of nitrogens with zero attached hydrogens (tertiary/aromatic N) is 2.